The number of carbonyl (C=O) groups excluding carboxylic acids is 1. The third-order valence-corrected chi connectivity index (χ3v) is 5.20. The molecule has 1 aliphatic heterocycles. The van der Waals surface area contributed by atoms with E-state index in [2.05, 4.69) is 15.2 Å². The van der Waals surface area contributed by atoms with E-state index in [1.165, 1.54) is 0 Å². The van der Waals surface area contributed by atoms with Gasteiger partial charge in [0.1, 0.15) is 5.82 Å². The summed E-state index contributed by atoms with van der Waals surface area (Å²) in [5, 5.41) is 2.82. The third-order valence-electron chi connectivity index (χ3n) is 5.20. The lowest BCUT2D eigenvalue weighted by molar-refractivity contribution is -0.116. The molecule has 1 saturated heterocycles. The Bertz CT molecular complexity index is 1050. The number of pyridine rings is 1. The zero-order valence-electron chi connectivity index (χ0n) is 16.5. The zero-order chi connectivity index (χ0) is 20.2. The first-order valence-corrected chi connectivity index (χ1v) is 9.94. The third kappa shape index (κ3) is 4.02. The molecule has 0 atom stereocenters. The minimum atomic E-state index is -0.170. The molecule has 3 heterocycles. The fourth-order valence-corrected chi connectivity index (χ4v) is 3.68. The fraction of sp³-hybridized carbons (Fsp3) is 0.381. The van der Waals surface area contributed by atoms with Crippen LogP contribution in [0.1, 0.15) is 13.3 Å². The van der Waals surface area contributed by atoms with Gasteiger partial charge in [-0.1, -0.05) is 12.1 Å². The molecular weight excluding hydrogens is 370 g/mol. The molecule has 152 valence electrons. The normalized spacial score (nSPS) is 14.3. The Hall–Kier alpha value is -3.13. The molecule has 1 N–H and O–H groups in total. The number of aromatic nitrogens is 3. The predicted molar refractivity (Wildman–Crippen MR) is 112 cm³/mol. The van der Waals surface area contributed by atoms with Gasteiger partial charge in [-0.25, -0.2) is 9.78 Å². The average Bonchev–Trinajstić information content (AvgIpc) is 3.04. The number of hydrogen-bond acceptors (Lipinski definition) is 5. The number of aryl methyl sites for hydroxylation is 2. The van der Waals surface area contributed by atoms with Crippen LogP contribution in [-0.2, 0) is 22.6 Å². The van der Waals surface area contributed by atoms with Crippen molar-refractivity contribution in [1.82, 2.24) is 14.1 Å². The number of nitrogens with zero attached hydrogens (tertiary/aromatic N) is 4. The molecule has 8 heteroatoms. The van der Waals surface area contributed by atoms with Crippen LogP contribution in [0.2, 0.25) is 0 Å². The number of hydrogen-bond donors (Lipinski definition) is 1. The van der Waals surface area contributed by atoms with E-state index in [9.17, 15) is 9.59 Å². The van der Waals surface area contributed by atoms with Crippen LogP contribution >= 0.6 is 0 Å². The van der Waals surface area contributed by atoms with Crippen LogP contribution in [0.4, 0.5) is 11.5 Å². The van der Waals surface area contributed by atoms with E-state index in [0.717, 1.165) is 29.8 Å². The Morgan fingerprint density at radius 1 is 1.10 bits per heavy atom. The van der Waals surface area contributed by atoms with Crippen molar-refractivity contribution in [3.63, 3.8) is 0 Å². The van der Waals surface area contributed by atoms with Gasteiger partial charge in [0.15, 0.2) is 0 Å². The molecule has 29 heavy (non-hydrogen) atoms. The highest BCUT2D eigenvalue weighted by Crippen LogP contribution is 2.17. The van der Waals surface area contributed by atoms with Gasteiger partial charge in [0.2, 0.25) is 5.91 Å². The first-order valence-electron chi connectivity index (χ1n) is 9.94. The van der Waals surface area contributed by atoms with Gasteiger partial charge in [-0.3, -0.25) is 13.9 Å². The summed E-state index contributed by atoms with van der Waals surface area (Å²) in [4.78, 5) is 31.6. The zero-order valence-corrected chi connectivity index (χ0v) is 16.5. The maximum atomic E-state index is 12.6. The number of para-hydroxylation sites is 2. The Balaban J connectivity index is 1.40. The fourth-order valence-electron chi connectivity index (χ4n) is 3.68. The Morgan fingerprint density at radius 2 is 1.83 bits per heavy atom. The molecule has 0 radical (unpaired) electrons. The summed E-state index contributed by atoms with van der Waals surface area (Å²) in [5.41, 5.74) is 2.67. The number of carbonyl (C=O) groups is 1. The second-order valence-electron chi connectivity index (χ2n) is 6.97. The maximum Gasteiger partial charge on any atom is 0.329 e. The van der Waals surface area contributed by atoms with Gasteiger partial charge in [0.25, 0.3) is 0 Å². The van der Waals surface area contributed by atoms with E-state index < -0.39 is 0 Å². The SMILES string of the molecule is CCn1c(=O)n(CCC(=O)Nc2ccc(N3CCOCC3)cn2)c2ccccc21. The number of amides is 1. The molecule has 1 aromatic carbocycles. The van der Waals surface area contributed by atoms with E-state index >= 15 is 0 Å². The first kappa shape index (κ1) is 19.2. The van der Waals surface area contributed by atoms with Crippen molar-refractivity contribution in [2.45, 2.75) is 26.4 Å². The summed E-state index contributed by atoms with van der Waals surface area (Å²) in [6, 6.07) is 11.4. The molecule has 1 amide bonds. The molecule has 3 aromatic rings. The molecule has 1 fully saturated rings. The molecule has 8 nitrogen and oxygen atoms in total. The molecule has 0 aliphatic carbocycles. The van der Waals surface area contributed by atoms with Crippen LogP contribution in [0.5, 0.6) is 0 Å². The van der Waals surface area contributed by atoms with Gasteiger partial charge >= 0.3 is 5.69 Å². The monoisotopic (exact) mass is 395 g/mol. The summed E-state index contributed by atoms with van der Waals surface area (Å²) in [5.74, 6) is 0.340. The highest BCUT2D eigenvalue weighted by Gasteiger charge is 2.14. The van der Waals surface area contributed by atoms with E-state index in [0.29, 0.717) is 32.1 Å². The Kier molecular flexibility index (Phi) is 5.62. The highest BCUT2D eigenvalue weighted by molar-refractivity contribution is 5.90. The molecule has 0 unspecified atom stereocenters. The van der Waals surface area contributed by atoms with Crippen LogP contribution in [0.25, 0.3) is 11.0 Å². The Morgan fingerprint density at radius 3 is 2.48 bits per heavy atom. The van der Waals surface area contributed by atoms with Crippen molar-refractivity contribution < 1.29 is 9.53 Å². The second kappa shape index (κ2) is 8.48. The molecule has 0 bridgehead atoms. The standard InChI is InChI=1S/C21H25N5O3/c1-2-25-17-5-3-4-6-18(17)26(21(25)28)10-9-20(27)23-19-8-7-16(15-22-19)24-11-13-29-14-12-24/h3-8,15H,2,9-14H2,1H3,(H,22,23,27). The number of ether oxygens (including phenoxy) is 1. The van der Waals surface area contributed by atoms with Crippen LogP contribution in [0.15, 0.2) is 47.4 Å². The van der Waals surface area contributed by atoms with Crippen LogP contribution < -0.4 is 15.9 Å². The van der Waals surface area contributed by atoms with Gasteiger partial charge in [-0.15, -0.1) is 0 Å². The Labute approximate surface area is 168 Å². The van der Waals surface area contributed by atoms with Crippen LogP contribution in [0.3, 0.4) is 0 Å². The number of anilines is 2. The predicted octanol–water partition coefficient (Wildman–Crippen LogP) is 2.08. The number of imidazole rings is 1. The lowest BCUT2D eigenvalue weighted by atomic mass is 10.3. The van der Waals surface area contributed by atoms with Crippen LogP contribution in [-0.4, -0.2) is 46.3 Å². The van der Waals surface area contributed by atoms with Gasteiger partial charge in [0, 0.05) is 32.6 Å². The van der Waals surface area contributed by atoms with E-state index in [-0.39, 0.29) is 18.0 Å². The quantitative estimate of drug-likeness (QED) is 0.691. The minimum absolute atomic E-state index is 0.0884. The van der Waals surface area contributed by atoms with Crippen molar-refractivity contribution in [3.8, 4) is 0 Å². The molecule has 4 rings (SSSR count). The van der Waals surface area contributed by atoms with Crippen LogP contribution in [0, 0.1) is 0 Å². The smallest absolute Gasteiger partial charge is 0.329 e. The summed E-state index contributed by atoms with van der Waals surface area (Å²) in [7, 11) is 0. The molecule has 2 aromatic heterocycles. The molecule has 1 aliphatic rings. The van der Waals surface area contributed by atoms with Crippen molar-refractivity contribution in [3.05, 3.63) is 53.1 Å². The van der Waals surface area contributed by atoms with Crippen molar-refractivity contribution in [2.75, 3.05) is 36.5 Å². The van der Waals surface area contributed by atoms with Crippen molar-refractivity contribution >= 4 is 28.4 Å². The van der Waals surface area contributed by atoms with Crippen molar-refractivity contribution in [1.29, 1.82) is 0 Å². The summed E-state index contributed by atoms with van der Waals surface area (Å²) in [6.45, 7) is 5.97. The lowest BCUT2D eigenvalue weighted by Crippen LogP contribution is -2.36. The van der Waals surface area contributed by atoms with Gasteiger partial charge in [-0.05, 0) is 31.2 Å². The topological polar surface area (TPSA) is 81.4 Å². The van der Waals surface area contributed by atoms with Gasteiger partial charge in [-0.2, -0.15) is 0 Å². The number of benzene rings is 1. The molecular formula is C21H25N5O3. The lowest BCUT2D eigenvalue weighted by Gasteiger charge is -2.28. The largest absolute Gasteiger partial charge is 0.378 e. The molecule has 0 spiro atoms. The average molecular weight is 395 g/mol. The van der Waals surface area contributed by atoms with E-state index in [4.69, 9.17) is 4.74 Å². The summed E-state index contributed by atoms with van der Waals surface area (Å²) >= 11 is 0. The summed E-state index contributed by atoms with van der Waals surface area (Å²) < 4.78 is 8.74. The summed E-state index contributed by atoms with van der Waals surface area (Å²) in [6.07, 6.45) is 1.96. The van der Waals surface area contributed by atoms with Gasteiger partial charge < -0.3 is 15.0 Å². The first-order chi connectivity index (χ1) is 14.2. The number of morpholine rings is 1. The van der Waals surface area contributed by atoms with Gasteiger partial charge in [0.05, 0.1) is 36.1 Å². The van der Waals surface area contributed by atoms with E-state index in [1.54, 1.807) is 21.4 Å². The van der Waals surface area contributed by atoms with Crippen molar-refractivity contribution in [2.24, 2.45) is 0 Å². The number of fused-ring (bicyclic) bond motifs is 1. The molecule has 0 saturated carbocycles. The maximum absolute atomic E-state index is 12.6. The van der Waals surface area contributed by atoms with E-state index in [1.807, 2.05) is 37.3 Å². The number of rotatable bonds is 6. The number of nitrogens with one attached hydrogen (secondary N) is 1. The second-order valence-corrected chi connectivity index (χ2v) is 6.97. The highest BCUT2D eigenvalue weighted by atomic mass is 16.5. The minimum Gasteiger partial charge on any atom is -0.378 e.